The van der Waals surface area contributed by atoms with Gasteiger partial charge in [-0.1, -0.05) is 37.2 Å². The molecule has 1 atom stereocenters. The molecule has 0 aliphatic carbocycles. The van der Waals surface area contributed by atoms with Gasteiger partial charge < -0.3 is 14.7 Å². The maximum absolute atomic E-state index is 12.8. The second-order valence-electron chi connectivity index (χ2n) is 7.64. The Labute approximate surface area is 152 Å². The summed E-state index contributed by atoms with van der Waals surface area (Å²) in [5, 5.41) is 7.12. The number of fused-ring (bicyclic) bond motifs is 1. The lowest BCUT2D eigenvalue weighted by Crippen LogP contribution is -2.50. The van der Waals surface area contributed by atoms with Crippen molar-refractivity contribution in [2.45, 2.75) is 44.6 Å². The van der Waals surface area contributed by atoms with Crippen LogP contribution in [0.3, 0.4) is 0 Å². The van der Waals surface area contributed by atoms with Crippen LogP contribution in [0.4, 0.5) is 0 Å². The Morgan fingerprint density at radius 1 is 1.31 bits per heavy atom. The zero-order valence-corrected chi connectivity index (χ0v) is 15.1. The van der Waals surface area contributed by atoms with E-state index in [4.69, 9.17) is 4.52 Å². The van der Waals surface area contributed by atoms with Crippen molar-refractivity contribution >= 4 is 11.8 Å². The van der Waals surface area contributed by atoms with E-state index in [-0.39, 0.29) is 23.3 Å². The van der Waals surface area contributed by atoms with Crippen molar-refractivity contribution in [3.05, 3.63) is 52.9 Å². The van der Waals surface area contributed by atoms with Crippen LogP contribution < -0.4 is 5.32 Å². The van der Waals surface area contributed by atoms with Gasteiger partial charge in [0.25, 0.3) is 11.8 Å². The maximum atomic E-state index is 12.8. The minimum absolute atomic E-state index is 0.0454. The fourth-order valence-corrected chi connectivity index (χ4v) is 3.88. The molecule has 4 rings (SSSR count). The van der Waals surface area contributed by atoms with Crippen LogP contribution in [0.1, 0.15) is 64.8 Å². The van der Waals surface area contributed by atoms with Crippen LogP contribution in [0.25, 0.3) is 0 Å². The van der Waals surface area contributed by atoms with Crippen molar-refractivity contribution in [3.63, 3.8) is 0 Å². The Balaban J connectivity index is 1.51. The van der Waals surface area contributed by atoms with Gasteiger partial charge in [-0.25, -0.2) is 0 Å². The summed E-state index contributed by atoms with van der Waals surface area (Å²) < 4.78 is 5.26. The van der Waals surface area contributed by atoms with Gasteiger partial charge in [-0.3, -0.25) is 9.59 Å². The summed E-state index contributed by atoms with van der Waals surface area (Å²) in [5.41, 5.74) is 1.79. The lowest BCUT2D eigenvalue weighted by molar-refractivity contribution is 0.0755. The quantitative estimate of drug-likeness (QED) is 0.901. The first kappa shape index (κ1) is 16.8. The molecule has 3 heterocycles. The number of aryl methyl sites for hydroxylation is 1. The number of carbonyl (C=O) groups excluding carboxylic acids is 2. The lowest BCUT2D eigenvalue weighted by atomic mass is 9.91. The predicted molar refractivity (Wildman–Crippen MR) is 96.1 cm³/mol. The number of carbonyl (C=O) groups is 2. The number of amides is 2. The molecule has 2 amide bonds. The molecule has 1 aromatic carbocycles. The number of aromatic nitrogens is 1. The molecule has 136 valence electrons. The molecule has 1 N–H and O–H groups in total. The molecule has 1 fully saturated rings. The van der Waals surface area contributed by atoms with Gasteiger partial charge in [0.1, 0.15) is 5.76 Å². The van der Waals surface area contributed by atoms with E-state index in [0.717, 1.165) is 30.4 Å². The monoisotopic (exact) mass is 353 g/mol. The number of hydrogen-bond acceptors (Lipinski definition) is 4. The highest BCUT2D eigenvalue weighted by Crippen LogP contribution is 2.31. The molecule has 2 aliphatic heterocycles. The first-order valence-electron chi connectivity index (χ1n) is 9.14. The highest BCUT2D eigenvalue weighted by Gasteiger charge is 2.43. The summed E-state index contributed by atoms with van der Waals surface area (Å²) in [7, 11) is 0. The molecule has 6 nitrogen and oxygen atoms in total. The fourth-order valence-electron chi connectivity index (χ4n) is 3.88. The highest BCUT2D eigenvalue weighted by atomic mass is 16.5. The summed E-state index contributed by atoms with van der Waals surface area (Å²) in [6.45, 7) is 5.12. The van der Waals surface area contributed by atoms with Gasteiger partial charge in [-0.05, 0) is 30.9 Å². The van der Waals surface area contributed by atoms with E-state index in [1.807, 2.05) is 38.1 Å². The molecule has 6 heteroatoms. The van der Waals surface area contributed by atoms with Gasteiger partial charge in [0, 0.05) is 30.6 Å². The number of nitrogens with zero attached hydrogens (tertiary/aromatic N) is 2. The summed E-state index contributed by atoms with van der Waals surface area (Å²) in [4.78, 5) is 27.2. The zero-order valence-electron chi connectivity index (χ0n) is 15.1. The molecule has 0 radical (unpaired) electrons. The van der Waals surface area contributed by atoms with Gasteiger partial charge in [0.05, 0.1) is 5.54 Å². The van der Waals surface area contributed by atoms with Gasteiger partial charge in [0.2, 0.25) is 0 Å². The van der Waals surface area contributed by atoms with Crippen molar-refractivity contribution in [2.24, 2.45) is 0 Å². The van der Waals surface area contributed by atoms with Crippen LogP contribution in [0.2, 0.25) is 0 Å². The van der Waals surface area contributed by atoms with Crippen molar-refractivity contribution in [3.8, 4) is 0 Å². The molecule has 2 aliphatic rings. The maximum Gasteiger partial charge on any atom is 0.276 e. The number of hydrogen-bond donors (Lipinski definition) is 1. The van der Waals surface area contributed by atoms with Crippen LogP contribution in [0.5, 0.6) is 0 Å². The smallest absolute Gasteiger partial charge is 0.276 e. The van der Waals surface area contributed by atoms with E-state index < -0.39 is 0 Å². The Hall–Kier alpha value is -2.63. The summed E-state index contributed by atoms with van der Waals surface area (Å²) in [6.07, 6.45) is 2.42. The van der Waals surface area contributed by atoms with Crippen molar-refractivity contribution in [1.82, 2.24) is 15.4 Å². The number of rotatable bonds is 2. The third kappa shape index (κ3) is 2.89. The van der Waals surface area contributed by atoms with Crippen LogP contribution >= 0.6 is 0 Å². The second kappa shape index (κ2) is 6.27. The third-order valence-corrected chi connectivity index (χ3v) is 5.47. The van der Waals surface area contributed by atoms with E-state index in [1.54, 1.807) is 11.0 Å². The van der Waals surface area contributed by atoms with Crippen molar-refractivity contribution < 1.29 is 14.1 Å². The molecular formula is C20H23N3O3. The van der Waals surface area contributed by atoms with Gasteiger partial charge in [-0.2, -0.15) is 0 Å². The Morgan fingerprint density at radius 3 is 2.88 bits per heavy atom. The van der Waals surface area contributed by atoms with Gasteiger partial charge in [-0.15, -0.1) is 0 Å². The number of nitrogens with one attached hydrogen (secondary N) is 1. The first-order valence-corrected chi connectivity index (χ1v) is 9.14. The normalized spacial score (nSPS) is 22.4. The SMILES string of the molecule is CC(C)c1cc(C(=O)N2CC[C@@]3(CCc4ccccc4C(=O)N3)C2)no1. The van der Waals surface area contributed by atoms with E-state index in [2.05, 4.69) is 10.5 Å². The number of likely N-dealkylation sites (tertiary alicyclic amines) is 1. The average Bonchev–Trinajstić information content (AvgIpc) is 3.25. The molecular weight excluding hydrogens is 330 g/mol. The van der Waals surface area contributed by atoms with Crippen LogP contribution in [-0.2, 0) is 6.42 Å². The average molecular weight is 353 g/mol. The molecule has 0 bridgehead atoms. The largest absolute Gasteiger partial charge is 0.360 e. The van der Waals surface area contributed by atoms with Gasteiger partial charge in [0.15, 0.2) is 5.69 Å². The fraction of sp³-hybridized carbons (Fsp3) is 0.450. The third-order valence-electron chi connectivity index (χ3n) is 5.47. The van der Waals surface area contributed by atoms with Crippen LogP contribution in [0.15, 0.2) is 34.9 Å². The summed E-state index contributed by atoms with van der Waals surface area (Å²) >= 11 is 0. The number of benzene rings is 1. The Kier molecular flexibility index (Phi) is 4.05. The molecule has 1 saturated heterocycles. The van der Waals surface area contributed by atoms with Crippen LogP contribution in [0, 0.1) is 0 Å². The van der Waals surface area contributed by atoms with Crippen LogP contribution in [-0.4, -0.2) is 40.5 Å². The minimum Gasteiger partial charge on any atom is -0.360 e. The van der Waals surface area contributed by atoms with Crippen molar-refractivity contribution in [1.29, 1.82) is 0 Å². The van der Waals surface area contributed by atoms with E-state index >= 15 is 0 Å². The molecule has 2 aromatic rings. The minimum atomic E-state index is -0.365. The second-order valence-corrected chi connectivity index (χ2v) is 7.64. The molecule has 0 unspecified atom stereocenters. The predicted octanol–water partition coefficient (Wildman–Crippen LogP) is 2.76. The highest BCUT2D eigenvalue weighted by molar-refractivity contribution is 5.97. The van der Waals surface area contributed by atoms with E-state index in [9.17, 15) is 9.59 Å². The molecule has 0 saturated carbocycles. The Morgan fingerprint density at radius 2 is 2.12 bits per heavy atom. The lowest BCUT2D eigenvalue weighted by Gasteiger charge is -2.28. The van der Waals surface area contributed by atoms with Crippen molar-refractivity contribution in [2.75, 3.05) is 13.1 Å². The summed E-state index contributed by atoms with van der Waals surface area (Å²) in [5.74, 6) is 0.721. The zero-order chi connectivity index (χ0) is 18.3. The van der Waals surface area contributed by atoms with E-state index in [1.165, 1.54) is 0 Å². The summed E-state index contributed by atoms with van der Waals surface area (Å²) in [6, 6.07) is 9.45. The van der Waals surface area contributed by atoms with E-state index in [0.29, 0.717) is 24.5 Å². The molecule has 1 spiro atoms. The molecule has 26 heavy (non-hydrogen) atoms. The topological polar surface area (TPSA) is 75.4 Å². The van der Waals surface area contributed by atoms with Gasteiger partial charge >= 0.3 is 0 Å². The first-order chi connectivity index (χ1) is 12.5. The Bertz CT molecular complexity index is 857. The standard InChI is InChI=1S/C20H23N3O3/c1-13(2)17-11-16(22-26-17)19(25)23-10-9-20(12-23)8-7-14-5-3-4-6-15(14)18(24)21-20/h3-6,11,13H,7-10,12H2,1-2H3,(H,21,24)/t20-/m0/s1. The molecule has 1 aromatic heterocycles.